The molecule has 0 bridgehead atoms. The smallest absolute Gasteiger partial charge is 0.132 e. The van der Waals surface area contributed by atoms with Crippen molar-refractivity contribution in [3.8, 4) is 0 Å². The summed E-state index contributed by atoms with van der Waals surface area (Å²) in [5, 5.41) is 6.69. The van der Waals surface area contributed by atoms with Crippen LogP contribution in [0.15, 0.2) is 6.07 Å². The van der Waals surface area contributed by atoms with E-state index in [1.165, 1.54) is 0 Å². The fourth-order valence-corrected chi connectivity index (χ4v) is 1.83. The average molecular weight is 251 g/mol. The molecule has 5 nitrogen and oxygen atoms in total. The van der Waals surface area contributed by atoms with Gasteiger partial charge in [-0.25, -0.2) is 9.97 Å². The molecule has 5 heteroatoms. The number of aryl methyl sites for hydroxylation is 1. The molecule has 1 aromatic heterocycles. The van der Waals surface area contributed by atoms with Gasteiger partial charge >= 0.3 is 0 Å². The average Bonchev–Trinajstić information content (AvgIpc) is 2.24. The molecule has 0 aliphatic carbocycles. The Kier molecular flexibility index (Phi) is 5.85. The van der Waals surface area contributed by atoms with E-state index in [1.807, 2.05) is 13.0 Å². The van der Waals surface area contributed by atoms with Crippen molar-refractivity contribution < 1.29 is 0 Å². The van der Waals surface area contributed by atoms with E-state index < -0.39 is 0 Å². The van der Waals surface area contributed by atoms with Gasteiger partial charge in [-0.15, -0.1) is 0 Å². The summed E-state index contributed by atoms with van der Waals surface area (Å²) >= 11 is 0. The first-order chi connectivity index (χ1) is 8.51. The van der Waals surface area contributed by atoms with Crippen molar-refractivity contribution in [2.24, 2.45) is 0 Å². The van der Waals surface area contributed by atoms with E-state index >= 15 is 0 Å². The van der Waals surface area contributed by atoms with E-state index in [0.29, 0.717) is 6.04 Å². The highest BCUT2D eigenvalue weighted by atomic mass is 15.1. The van der Waals surface area contributed by atoms with E-state index in [-0.39, 0.29) is 0 Å². The molecule has 0 radical (unpaired) electrons. The van der Waals surface area contributed by atoms with Gasteiger partial charge < -0.3 is 15.5 Å². The van der Waals surface area contributed by atoms with Gasteiger partial charge in [-0.2, -0.15) is 0 Å². The Morgan fingerprint density at radius 2 is 1.94 bits per heavy atom. The van der Waals surface area contributed by atoms with E-state index in [0.717, 1.165) is 37.0 Å². The summed E-state index contributed by atoms with van der Waals surface area (Å²) in [6, 6.07) is 2.32. The fraction of sp³-hybridized carbons (Fsp3) is 0.692. The Morgan fingerprint density at radius 1 is 1.28 bits per heavy atom. The summed E-state index contributed by atoms with van der Waals surface area (Å²) in [7, 11) is 4.13. The van der Waals surface area contributed by atoms with Crippen LogP contribution in [0.25, 0.3) is 0 Å². The van der Waals surface area contributed by atoms with Crippen LogP contribution in [0.2, 0.25) is 0 Å². The molecule has 0 aromatic carbocycles. The van der Waals surface area contributed by atoms with Crippen molar-refractivity contribution in [3.05, 3.63) is 11.9 Å². The predicted molar refractivity (Wildman–Crippen MR) is 77.2 cm³/mol. The van der Waals surface area contributed by atoms with E-state index in [2.05, 4.69) is 53.4 Å². The molecule has 0 aliphatic heterocycles. The van der Waals surface area contributed by atoms with Crippen molar-refractivity contribution in [2.75, 3.05) is 37.8 Å². The highest BCUT2D eigenvalue weighted by Gasteiger charge is 2.06. The summed E-state index contributed by atoms with van der Waals surface area (Å²) in [5.41, 5.74) is 0. The van der Waals surface area contributed by atoms with Crippen molar-refractivity contribution in [1.29, 1.82) is 0 Å². The van der Waals surface area contributed by atoms with Gasteiger partial charge in [0.1, 0.15) is 17.5 Å². The molecule has 1 aromatic rings. The summed E-state index contributed by atoms with van der Waals surface area (Å²) < 4.78 is 0. The lowest BCUT2D eigenvalue weighted by atomic mass is 10.3. The molecule has 1 heterocycles. The Morgan fingerprint density at radius 3 is 2.56 bits per heavy atom. The minimum absolute atomic E-state index is 0.355. The molecule has 1 rings (SSSR count). The van der Waals surface area contributed by atoms with Gasteiger partial charge in [0.25, 0.3) is 0 Å². The molecule has 0 saturated heterocycles. The zero-order chi connectivity index (χ0) is 13.5. The highest BCUT2D eigenvalue weighted by Crippen LogP contribution is 2.12. The second kappa shape index (κ2) is 7.16. The van der Waals surface area contributed by atoms with Crippen molar-refractivity contribution in [1.82, 2.24) is 14.9 Å². The molecule has 1 atom stereocenters. The molecule has 0 amide bonds. The number of nitrogens with zero attached hydrogens (tertiary/aromatic N) is 3. The molecule has 0 aliphatic rings. The van der Waals surface area contributed by atoms with Crippen LogP contribution < -0.4 is 10.6 Å². The van der Waals surface area contributed by atoms with Gasteiger partial charge in [0.05, 0.1) is 0 Å². The first kappa shape index (κ1) is 14.7. The summed E-state index contributed by atoms with van der Waals surface area (Å²) in [4.78, 5) is 10.9. The molecular weight excluding hydrogens is 226 g/mol. The molecule has 1 unspecified atom stereocenters. The fourth-order valence-electron chi connectivity index (χ4n) is 1.83. The third-order valence-electron chi connectivity index (χ3n) is 2.43. The number of hydrogen-bond acceptors (Lipinski definition) is 5. The third kappa shape index (κ3) is 5.31. The van der Waals surface area contributed by atoms with Crippen LogP contribution in [0.4, 0.5) is 11.6 Å². The standard InChI is InChI=1S/C13H25N5/c1-6-7-14-12-8-13(17-11(3)16-12)15-10(2)9-18(4)5/h8,10H,6-7,9H2,1-5H3,(H2,14,15,16,17). The maximum absolute atomic E-state index is 4.41. The first-order valence-electron chi connectivity index (χ1n) is 6.52. The summed E-state index contributed by atoms with van der Waals surface area (Å²) in [6.07, 6.45) is 1.09. The van der Waals surface area contributed by atoms with E-state index in [4.69, 9.17) is 0 Å². The highest BCUT2D eigenvalue weighted by molar-refractivity contribution is 5.47. The molecular formula is C13H25N5. The second-order valence-electron chi connectivity index (χ2n) is 4.92. The Bertz CT molecular complexity index is 364. The van der Waals surface area contributed by atoms with Crippen LogP contribution in [0.1, 0.15) is 26.1 Å². The monoisotopic (exact) mass is 251 g/mol. The Hall–Kier alpha value is -1.36. The number of nitrogens with one attached hydrogen (secondary N) is 2. The number of rotatable bonds is 7. The van der Waals surface area contributed by atoms with Crippen molar-refractivity contribution >= 4 is 11.6 Å². The molecule has 0 saturated carbocycles. The van der Waals surface area contributed by atoms with Crippen LogP contribution in [-0.2, 0) is 0 Å². The molecule has 18 heavy (non-hydrogen) atoms. The lowest BCUT2D eigenvalue weighted by Gasteiger charge is -2.19. The quantitative estimate of drug-likeness (QED) is 0.776. The third-order valence-corrected chi connectivity index (χ3v) is 2.43. The number of likely N-dealkylation sites (N-methyl/N-ethyl adjacent to an activating group) is 1. The van der Waals surface area contributed by atoms with Crippen LogP contribution in [0.3, 0.4) is 0 Å². The largest absolute Gasteiger partial charge is 0.370 e. The first-order valence-corrected chi connectivity index (χ1v) is 6.52. The number of hydrogen-bond donors (Lipinski definition) is 2. The van der Waals surface area contributed by atoms with Gasteiger partial charge in [0.2, 0.25) is 0 Å². The minimum atomic E-state index is 0.355. The maximum atomic E-state index is 4.41. The maximum Gasteiger partial charge on any atom is 0.132 e. The van der Waals surface area contributed by atoms with Crippen molar-refractivity contribution in [2.45, 2.75) is 33.2 Å². The van der Waals surface area contributed by atoms with Crippen LogP contribution in [-0.4, -0.2) is 48.1 Å². The lowest BCUT2D eigenvalue weighted by molar-refractivity contribution is 0.392. The summed E-state index contributed by atoms with van der Waals surface area (Å²) in [5.74, 6) is 2.56. The lowest BCUT2D eigenvalue weighted by Crippen LogP contribution is -2.30. The van der Waals surface area contributed by atoms with Crippen LogP contribution in [0.5, 0.6) is 0 Å². The van der Waals surface area contributed by atoms with Crippen LogP contribution >= 0.6 is 0 Å². The predicted octanol–water partition coefficient (Wildman–Crippen LogP) is 1.97. The Labute approximate surface area is 110 Å². The van der Waals surface area contributed by atoms with E-state index in [1.54, 1.807) is 0 Å². The zero-order valence-electron chi connectivity index (χ0n) is 12.1. The topological polar surface area (TPSA) is 53.1 Å². The molecule has 2 N–H and O–H groups in total. The molecule has 0 spiro atoms. The molecule has 102 valence electrons. The van der Waals surface area contributed by atoms with Crippen molar-refractivity contribution in [3.63, 3.8) is 0 Å². The van der Waals surface area contributed by atoms with Crippen LogP contribution in [0, 0.1) is 6.92 Å². The van der Waals surface area contributed by atoms with Gasteiger partial charge in [-0.1, -0.05) is 6.92 Å². The Balaban J connectivity index is 2.67. The SMILES string of the molecule is CCCNc1cc(NC(C)CN(C)C)nc(C)n1. The van der Waals surface area contributed by atoms with E-state index in [9.17, 15) is 0 Å². The number of anilines is 2. The van der Waals surface area contributed by atoms with Gasteiger partial charge in [0.15, 0.2) is 0 Å². The van der Waals surface area contributed by atoms with Gasteiger partial charge in [0, 0.05) is 25.2 Å². The zero-order valence-corrected chi connectivity index (χ0v) is 12.1. The normalized spacial score (nSPS) is 12.6. The van der Waals surface area contributed by atoms with Gasteiger partial charge in [-0.05, 0) is 34.4 Å². The second-order valence-corrected chi connectivity index (χ2v) is 4.92. The minimum Gasteiger partial charge on any atom is -0.370 e. The molecule has 0 fully saturated rings. The van der Waals surface area contributed by atoms with Gasteiger partial charge in [-0.3, -0.25) is 0 Å². The number of aromatic nitrogens is 2. The summed E-state index contributed by atoms with van der Waals surface area (Å²) in [6.45, 7) is 8.11.